The van der Waals surface area contributed by atoms with Gasteiger partial charge in [0.25, 0.3) is 0 Å². The van der Waals surface area contributed by atoms with E-state index in [4.69, 9.17) is 5.26 Å². The van der Waals surface area contributed by atoms with Crippen LogP contribution >= 0.6 is 0 Å². The van der Waals surface area contributed by atoms with E-state index in [1.54, 1.807) is 0 Å². The van der Waals surface area contributed by atoms with Crippen LogP contribution in [0.3, 0.4) is 0 Å². The molecule has 15 heavy (non-hydrogen) atoms. The van der Waals surface area contributed by atoms with Gasteiger partial charge >= 0.3 is 6.09 Å². The second kappa shape index (κ2) is 5.56. The second-order valence-electron chi connectivity index (χ2n) is 3.83. The van der Waals surface area contributed by atoms with Crippen LogP contribution in [0.5, 0.6) is 0 Å². The van der Waals surface area contributed by atoms with Gasteiger partial charge in [-0.05, 0) is 13.3 Å². The third kappa shape index (κ3) is 3.40. The van der Waals surface area contributed by atoms with Crippen molar-refractivity contribution in [1.82, 2.24) is 10.2 Å². The van der Waals surface area contributed by atoms with Gasteiger partial charge in [0.2, 0.25) is 0 Å². The Morgan fingerprint density at radius 2 is 2.53 bits per heavy atom. The fourth-order valence-electron chi connectivity index (χ4n) is 1.79. The average Bonchev–Trinajstić information content (AvgIpc) is 2.66. The van der Waals surface area contributed by atoms with Crippen molar-refractivity contribution < 1.29 is 9.53 Å². The van der Waals surface area contributed by atoms with Crippen LogP contribution in [0.4, 0.5) is 4.79 Å². The molecule has 2 unspecified atom stereocenters. The number of alkyl carbamates (subject to hydrolysis) is 1. The molecule has 1 fully saturated rings. The Labute approximate surface area is 90.0 Å². The molecule has 1 N–H and O–H groups in total. The summed E-state index contributed by atoms with van der Waals surface area (Å²) in [7, 11) is 1.36. The van der Waals surface area contributed by atoms with Crippen LogP contribution in [0.25, 0.3) is 0 Å². The molecule has 0 spiro atoms. The molecule has 5 heteroatoms. The normalized spacial score (nSPS) is 23.1. The number of carbonyl (C=O) groups is 1. The van der Waals surface area contributed by atoms with E-state index in [0.29, 0.717) is 6.42 Å². The Balaban J connectivity index is 2.32. The molecule has 0 bridgehead atoms. The van der Waals surface area contributed by atoms with Gasteiger partial charge in [-0.25, -0.2) is 4.79 Å². The number of rotatable bonds is 3. The summed E-state index contributed by atoms with van der Waals surface area (Å²) in [6, 6.07) is 2.57. The van der Waals surface area contributed by atoms with Crippen LogP contribution in [0.2, 0.25) is 0 Å². The minimum atomic E-state index is -0.380. The molecule has 0 aliphatic carbocycles. The number of nitriles is 1. The molecule has 1 aliphatic heterocycles. The second-order valence-corrected chi connectivity index (χ2v) is 3.83. The van der Waals surface area contributed by atoms with Crippen molar-refractivity contribution in [2.24, 2.45) is 0 Å². The average molecular weight is 211 g/mol. The predicted molar refractivity (Wildman–Crippen MR) is 55.2 cm³/mol. The molecule has 1 heterocycles. The van der Waals surface area contributed by atoms with E-state index in [0.717, 1.165) is 19.5 Å². The van der Waals surface area contributed by atoms with Crippen molar-refractivity contribution in [3.8, 4) is 6.07 Å². The maximum Gasteiger partial charge on any atom is 0.407 e. The Bertz CT molecular complexity index is 262. The molecule has 0 saturated carbocycles. The lowest BCUT2D eigenvalue weighted by Gasteiger charge is -2.21. The molecule has 1 saturated heterocycles. The molecule has 1 aliphatic rings. The SMILES string of the molecule is COC(=O)NC1CCN(C(C)CC#N)C1. The minimum Gasteiger partial charge on any atom is -0.453 e. The fourth-order valence-corrected chi connectivity index (χ4v) is 1.79. The molecule has 1 amide bonds. The molecule has 0 radical (unpaired) electrons. The van der Waals surface area contributed by atoms with Crippen molar-refractivity contribution in [2.75, 3.05) is 20.2 Å². The number of amides is 1. The Morgan fingerprint density at radius 3 is 3.13 bits per heavy atom. The van der Waals surface area contributed by atoms with Crippen LogP contribution in [0.1, 0.15) is 19.8 Å². The predicted octanol–water partition coefficient (Wildman–Crippen LogP) is 0.719. The number of hydrogen-bond donors (Lipinski definition) is 1. The smallest absolute Gasteiger partial charge is 0.407 e. The topological polar surface area (TPSA) is 65.4 Å². The molecule has 84 valence electrons. The number of carbonyl (C=O) groups excluding carboxylic acids is 1. The lowest BCUT2D eigenvalue weighted by Crippen LogP contribution is -2.38. The third-order valence-electron chi connectivity index (χ3n) is 2.74. The standard InChI is InChI=1S/C10H17N3O2/c1-8(3-5-11)13-6-4-9(7-13)12-10(14)15-2/h8-9H,3-4,6-7H2,1-2H3,(H,12,14). The van der Waals surface area contributed by atoms with E-state index >= 15 is 0 Å². The lowest BCUT2D eigenvalue weighted by atomic mass is 10.2. The number of nitrogens with zero attached hydrogens (tertiary/aromatic N) is 2. The largest absolute Gasteiger partial charge is 0.453 e. The summed E-state index contributed by atoms with van der Waals surface area (Å²) in [5.41, 5.74) is 0. The highest BCUT2D eigenvalue weighted by molar-refractivity contribution is 5.67. The Morgan fingerprint density at radius 1 is 1.80 bits per heavy atom. The first-order valence-corrected chi connectivity index (χ1v) is 5.13. The van der Waals surface area contributed by atoms with E-state index < -0.39 is 0 Å². The highest BCUT2D eigenvalue weighted by atomic mass is 16.5. The highest BCUT2D eigenvalue weighted by Crippen LogP contribution is 2.14. The summed E-state index contributed by atoms with van der Waals surface area (Å²) in [5.74, 6) is 0. The summed E-state index contributed by atoms with van der Waals surface area (Å²) in [6.45, 7) is 3.76. The molecule has 0 aromatic carbocycles. The first kappa shape index (κ1) is 11.8. The van der Waals surface area contributed by atoms with Crippen LogP contribution in [0.15, 0.2) is 0 Å². The number of nitrogens with one attached hydrogen (secondary N) is 1. The van der Waals surface area contributed by atoms with E-state index in [2.05, 4.69) is 21.0 Å². The summed E-state index contributed by atoms with van der Waals surface area (Å²) in [4.78, 5) is 13.2. The number of ether oxygens (including phenoxy) is 1. The van der Waals surface area contributed by atoms with Crippen molar-refractivity contribution in [3.05, 3.63) is 0 Å². The van der Waals surface area contributed by atoms with Crippen LogP contribution < -0.4 is 5.32 Å². The van der Waals surface area contributed by atoms with Crippen LogP contribution in [0, 0.1) is 11.3 Å². The van der Waals surface area contributed by atoms with E-state index in [9.17, 15) is 4.79 Å². The molecular formula is C10H17N3O2. The molecule has 0 aromatic rings. The van der Waals surface area contributed by atoms with Gasteiger partial charge in [0.15, 0.2) is 0 Å². The third-order valence-corrected chi connectivity index (χ3v) is 2.74. The monoisotopic (exact) mass is 211 g/mol. The summed E-state index contributed by atoms with van der Waals surface area (Å²) in [5, 5.41) is 11.3. The van der Waals surface area contributed by atoms with Gasteiger partial charge < -0.3 is 10.1 Å². The van der Waals surface area contributed by atoms with Crippen LogP contribution in [-0.2, 0) is 4.74 Å². The van der Waals surface area contributed by atoms with Gasteiger partial charge in [-0.3, -0.25) is 4.90 Å². The maximum absolute atomic E-state index is 11.0. The Kier molecular flexibility index (Phi) is 4.37. The first-order chi connectivity index (χ1) is 7.17. The van der Waals surface area contributed by atoms with Crippen molar-refractivity contribution >= 4 is 6.09 Å². The Hall–Kier alpha value is -1.28. The zero-order valence-electron chi connectivity index (χ0n) is 9.19. The van der Waals surface area contributed by atoms with Gasteiger partial charge in [-0.1, -0.05) is 0 Å². The van der Waals surface area contributed by atoms with Gasteiger partial charge in [0.05, 0.1) is 19.6 Å². The minimum absolute atomic E-state index is 0.151. The van der Waals surface area contributed by atoms with E-state index in [1.807, 2.05) is 6.92 Å². The van der Waals surface area contributed by atoms with Gasteiger partial charge in [-0.2, -0.15) is 5.26 Å². The molecular weight excluding hydrogens is 194 g/mol. The van der Waals surface area contributed by atoms with Crippen molar-refractivity contribution in [2.45, 2.75) is 31.8 Å². The summed E-state index contributed by atoms with van der Waals surface area (Å²) >= 11 is 0. The molecule has 0 aromatic heterocycles. The zero-order chi connectivity index (χ0) is 11.3. The van der Waals surface area contributed by atoms with Crippen molar-refractivity contribution in [3.63, 3.8) is 0 Å². The highest BCUT2D eigenvalue weighted by Gasteiger charge is 2.26. The zero-order valence-corrected chi connectivity index (χ0v) is 9.19. The molecule has 5 nitrogen and oxygen atoms in total. The number of methoxy groups -OCH3 is 1. The summed E-state index contributed by atoms with van der Waals surface area (Å²) in [6.07, 6.45) is 1.07. The maximum atomic E-state index is 11.0. The van der Waals surface area contributed by atoms with Gasteiger partial charge in [0.1, 0.15) is 0 Å². The van der Waals surface area contributed by atoms with E-state index in [1.165, 1.54) is 7.11 Å². The fraction of sp³-hybridized carbons (Fsp3) is 0.800. The molecule has 1 rings (SSSR count). The first-order valence-electron chi connectivity index (χ1n) is 5.13. The lowest BCUT2D eigenvalue weighted by molar-refractivity contribution is 0.165. The van der Waals surface area contributed by atoms with Crippen LogP contribution in [-0.4, -0.2) is 43.3 Å². The van der Waals surface area contributed by atoms with E-state index in [-0.39, 0.29) is 18.2 Å². The number of hydrogen-bond acceptors (Lipinski definition) is 4. The summed E-state index contributed by atoms with van der Waals surface area (Å²) < 4.78 is 4.53. The quantitative estimate of drug-likeness (QED) is 0.747. The van der Waals surface area contributed by atoms with Gasteiger partial charge in [-0.15, -0.1) is 0 Å². The van der Waals surface area contributed by atoms with Gasteiger partial charge in [0, 0.05) is 25.2 Å². The van der Waals surface area contributed by atoms with Crippen molar-refractivity contribution in [1.29, 1.82) is 5.26 Å². The molecule has 2 atom stereocenters. The number of likely N-dealkylation sites (tertiary alicyclic amines) is 1.